The van der Waals surface area contributed by atoms with E-state index in [0.717, 1.165) is 12.1 Å². The Bertz CT molecular complexity index is 831. The standard InChI is InChI=1S/C20H19ClF2N2O2/c21-14-4-1-2-7-17(14)24-19(26)12-8-10-13(11-9-12)20(27)25-18-15(22)5-3-6-16(18)23/h1-7,12-13H,8-11H2,(H,24,26)(H,25,27). The van der Waals surface area contributed by atoms with Crippen LogP contribution in [0.5, 0.6) is 0 Å². The van der Waals surface area contributed by atoms with Crippen LogP contribution < -0.4 is 10.6 Å². The van der Waals surface area contributed by atoms with Crippen molar-refractivity contribution in [3.05, 3.63) is 59.1 Å². The average Bonchev–Trinajstić information content (AvgIpc) is 2.66. The second-order valence-corrected chi connectivity index (χ2v) is 7.01. The first-order valence-electron chi connectivity index (χ1n) is 8.76. The number of anilines is 2. The zero-order chi connectivity index (χ0) is 19.4. The lowest BCUT2D eigenvalue weighted by atomic mass is 9.81. The fraction of sp³-hybridized carbons (Fsp3) is 0.300. The topological polar surface area (TPSA) is 58.2 Å². The molecule has 4 nitrogen and oxygen atoms in total. The molecule has 1 saturated carbocycles. The summed E-state index contributed by atoms with van der Waals surface area (Å²) in [6, 6.07) is 10.4. The Kier molecular flexibility index (Phi) is 6.06. The molecule has 2 amide bonds. The van der Waals surface area contributed by atoms with Crippen LogP contribution in [0.3, 0.4) is 0 Å². The van der Waals surface area contributed by atoms with Gasteiger partial charge >= 0.3 is 0 Å². The molecule has 1 aliphatic rings. The summed E-state index contributed by atoms with van der Waals surface area (Å²) in [5.41, 5.74) is 0.125. The van der Waals surface area contributed by atoms with Gasteiger partial charge in [0.15, 0.2) is 0 Å². The first kappa shape index (κ1) is 19.3. The maximum absolute atomic E-state index is 13.7. The van der Waals surface area contributed by atoms with Crippen LogP contribution in [0, 0.1) is 23.5 Å². The van der Waals surface area contributed by atoms with Crippen LogP contribution in [-0.4, -0.2) is 11.8 Å². The molecule has 0 spiro atoms. The lowest BCUT2D eigenvalue weighted by Crippen LogP contribution is -2.32. The van der Waals surface area contributed by atoms with Crippen molar-refractivity contribution in [2.24, 2.45) is 11.8 Å². The van der Waals surface area contributed by atoms with Crippen molar-refractivity contribution in [1.29, 1.82) is 0 Å². The van der Waals surface area contributed by atoms with Crippen LogP contribution in [-0.2, 0) is 9.59 Å². The van der Waals surface area contributed by atoms with Crippen LogP contribution in [0.15, 0.2) is 42.5 Å². The van der Waals surface area contributed by atoms with Gasteiger partial charge in [-0.05, 0) is 49.9 Å². The highest BCUT2D eigenvalue weighted by molar-refractivity contribution is 6.33. The molecule has 0 aliphatic heterocycles. The number of rotatable bonds is 4. The van der Waals surface area contributed by atoms with E-state index in [2.05, 4.69) is 10.6 Å². The van der Waals surface area contributed by atoms with E-state index < -0.39 is 23.2 Å². The molecule has 1 aliphatic carbocycles. The van der Waals surface area contributed by atoms with E-state index in [-0.39, 0.29) is 17.7 Å². The Morgan fingerprint density at radius 2 is 1.33 bits per heavy atom. The van der Waals surface area contributed by atoms with Gasteiger partial charge in [0, 0.05) is 11.8 Å². The number of carbonyl (C=O) groups excluding carboxylic acids is 2. The molecule has 0 aromatic heterocycles. The van der Waals surface area contributed by atoms with Crippen molar-refractivity contribution in [2.45, 2.75) is 25.7 Å². The lowest BCUT2D eigenvalue weighted by Gasteiger charge is -2.27. The number of nitrogens with one attached hydrogen (secondary N) is 2. The third kappa shape index (κ3) is 4.63. The van der Waals surface area contributed by atoms with Crippen LogP contribution in [0.4, 0.5) is 20.2 Å². The van der Waals surface area contributed by atoms with E-state index in [1.807, 2.05) is 0 Å². The van der Waals surface area contributed by atoms with Gasteiger partial charge in [0.1, 0.15) is 17.3 Å². The minimum absolute atomic E-state index is 0.137. The largest absolute Gasteiger partial charge is 0.325 e. The lowest BCUT2D eigenvalue weighted by molar-refractivity contribution is -0.125. The molecule has 0 saturated heterocycles. The average molecular weight is 393 g/mol. The summed E-state index contributed by atoms with van der Waals surface area (Å²) in [4.78, 5) is 24.7. The molecule has 27 heavy (non-hydrogen) atoms. The summed E-state index contributed by atoms with van der Waals surface area (Å²) in [6.45, 7) is 0. The van der Waals surface area contributed by atoms with Crippen LogP contribution in [0.25, 0.3) is 0 Å². The highest BCUT2D eigenvalue weighted by atomic mass is 35.5. The molecule has 0 radical (unpaired) electrons. The zero-order valence-corrected chi connectivity index (χ0v) is 15.2. The van der Waals surface area contributed by atoms with E-state index in [4.69, 9.17) is 11.6 Å². The van der Waals surface area contributed by atoms with Gasteiger partial charge in [-0.3, -0.25) is 9.59 Å². The predicted octanol–water partition coefficient (Wildman–Crippen LogP) is 5.00. The van der Waals surface area contributed by atoms with Gasteiger partial charge in [0.2, 0.25) is 11.8 Å². The highest BCUT2D eigenvalue weighted by Gasteiger charge is 2.30. The molecule has 0 atom stereocenters. The molecule has 7 heteroatoms. The van der Waals surface area contributed by atoms with Gasteiger partial charge in [0.25, 0.3) is 0 Å². The predicted molar refractivity (Wildman–Crippen MR) is 101 cm³/mol. The first-order chi connectivity index (χ1) is 13.0. The maximum atomic E-state index is 13.7. The summed E-state index contributed by atoms with van der Waals surface area (Å²) in [6.07, 6.45) is 1.99. The molecular formula is C20H19ClF2N2O2. The van der Waals surface area contributed by atoms with Crippen LogP contribution >= 0.6 is 11.6 Å². The summed E-state index contributed by atoms with van der Waals surface area (Å²) < 4.78 is 27.3. The van der Waals surface area contributed by atoms with Gasteiger partial charge in [0.05, 0.1) is 10.7 Å². The van der Waals surface area contributed by atoms with Gasteiger partial charge in [-0.2, -0.15) is 0 Å². The molecule has 2 aromatic rings. The van der Waals surface area contributed by atoms with E-state index in [0.29, 0.717) is 36.4 Å². The number of hydrogen-bond donors (Lipinski definition) is 2. The second kappa shape index (κ2) is 8.48. The van der Waals surface area contributed by atoms with Gasteiger partial charge in [-0.15, -0.1) is 0 Å². The van der Waals surface area contributed by atoms with Crippen molar-refractivity contribution in [1.82, 2.24) is 0 Å². The Morgan fingerprint density at radius 1 is 0.815 bits per heavy atom. The van der Waals surface area contributed by atoms with Gasteiger partial charge in [-0.25, -0.2) is 8.78 Å². The fourth-order valence-electron chi connectivity index (χ4n) is 3.26. The van der Waals surface area contributed by atoms with Gasteiger partial charge in [-0.1, -0.05) is 29.8 Å². The molecule has 2 N–H and O–H groups in total. The smallest absolute Gasteiger partial charge is 0.227 e. The Balaban J connectivity index is 1.54. The third-order valence-electron chi connectivity index (χ3n) is 4.81. The number of amides is 2. The summed E-state index contributed by atoms with van der Waals surface area (Å²) in [7, 11) is 0. The molecule has 2 aromatic carbocycles. The molecular weight excluding hydrogens is 374 g/mol. The highest BCUT2D eigenvalue weighted by Crippen LogP contribution is 2.32. The van der Waals surface area contributed by atoms with Crippen LogP contribution in [0.1, 0.15) is 25.7 Å². The fourth-order valence-corrected chi connectivity index (χ4v) is 3.44. The van der Waals surface area contributed by atoms with Crippen molar-refractivity contribution in [3.8, 4) is 0 Å². The molecule has 0 heterocycles. The second-order valence-electron chi connectivity index (χ2n) is 6.60. The Hall–Kier alpha value is -2.47. The van der Waals surface area contributed by atoms with E-state index in [1.54, 1.807) is 24.3 Å². The van der Waals surface area contributed by atoms with Crippen molar-refractivity contribution < 1.29 is 18.4 Å². The van der Waals surface area contributed by atoms with Crippen molar-refractivity contribution in [2.75, 3.05) is 10.6 Å². The third-order valence-corrected chi connectivity index (χ3v) is 5.14. The number of para-hydroxylation sites is 2. The maximum Gasteiger partial charge on any atom is 0.227 e. The molecule has 142 valence electrons. The molecule has 0 unspecified atom stereocenters. The monoisotopic (exact) mass is 392 g/mol. The first-order valence-corrected chi connectivity index (χ1v) is 9.13. The quantitative estimate of drug-likeness (QED) is 0.769. The summed E-state index contributed by atoms with van der Waals surface area (Å²) >= 11 is 6.05. The number of carbonyl (C=O) groups is 2. The van der Waals surface area contributed by atoms with E-state index in [9.17, 15) is 18.4 Å². The number of halogens is 3. The normalized spacial score (nSPS) is 19.4. The summed E-state index contributed by atoms with van der Waals surface area (Å²) in [5.74, 6) is -2.79. The van der Waals surface area contributed by atoms with Gasteiger partial charge < -0.3 is 10.6 Å². The zero-order valence-electron chi connectivity index (χ0n) is 14.5. The Morgan fingerprint density at radius 3 is 1.89 bits per heavy atom. The van der Waals surface area contributed by atoms with E-state index >= 15 is 0 Å². The minimum Gasteiger partial charge on any atom is -0.325 e. The molecule has 1 fully saturated rings. The SMILES string of the molecule is O=C(Nc1ccccc1Cl)C1CCC(C(=O)Nc2c(F)cccc2F)CC1. The van der Waals surface area contributed by atoms with E-state index in [1.165, 1.54) is 6.07 Å². The van der Waals surface area contributed by atoms with Crippen molar-refractivity contribution in [3.63, 3.8) is 0 Å². The van der Waals surface area contributed by atoms with Crippen molar-refractivity contribution >= 4 is 34.8 Å². The Labute approximate surface area is 160 Å². The number of hydrogen-bond acceptors (Lipinski definition) is 2. The summed E-state index contributed by atoms with van der Waals surface area (Å²) in [5, 5.41) is 5.60. The minimum atomic E-state index is -0.809. The molecule has 3 rings (SSSR count). The van der Waals surface area contributed by atoms with Crippen LogP contribution in [0.2, 0.25) is 5.02 Å². The molecule has 0 bridgehead atoms. The number of benzene rings is 2.